The first-order valence-electron chi connectivity index (χ1n) is 6.38. The van der Waals surface area contributed by atoms with Crippen molar-refractivity contribution in [3.05, 3.63) is 55.7 Å². The first kappa shape index (κ1) is 15.4. The Balaban J connectivity index is 2.74. The summed E-state index contributed by atoms with van der Waals surface area (Å²) in [7, 11) is 0. The van der Waals surface area contributed by atoms with Crippen molar-refractivity contribution in [1.29, 1.82) is 0 Å². The van der Waals surface area contributed by atoms with E-state index in [1.165, 1.54) is 4.57 Å². The van der Waals surface area contributed by atoms with E-state index in [4.69, 9.17) is 5.11 Å². The van der Waals surface area contributed by atoms with E-state index < -0.39 is 11.7 Å². The highest BCUT2D eigenvalue weighted by molar-refractivity contribution is 9.10. The molecule has 0 amide bonds. The summed E-state index contributed by atoms with van der Waals surface area (Å²) in [6, 6.07) is 5.60. The van der Waals surface area contributed by atoms with Crippen molar-refractivity contribution in [3.8, 4) is 5.69 Å². The molecule has 0 radical (unpaired) electrons. The smallest absolute Gasteiger partial charge is 0.352 e. The number of nitrogens with zero attached hydrogens (tertiary/aromatic N) is 2. The fourth-order valence-corrected chi connectivity index (χ4v) is 2.95. The number of aryl methyl sites for hydroxylation is 2. The van der Waals surface area contributed by atoms with E-state index in [-0.39, 0.29) is 6.42 Å². The van der Waals surface area contributed by atoms with E-state index >= 15 is 0 Å². The topological polar surface area (TPSA) is 72.2 Å². The van der Waals surface area contributed by atoms with E-state index in [1.54, 1.807) is 13.8 Å². The van der Waals surface area contributed by atoms with Crippen molar-refractivity contribution >= 4 is 21.9 Å². The highest BCUT2D eigenvalue weighted by atomic mass is 79.9. The van der Waals surface area contributed by atoms with Crippen LogP contribution in [0.1, 0.15) is 22.5 Å². The summed E-state index contributed by atoms with van der Waals surface area (Å²) >= 11 is 3.40. The molecule has 0 unspecified atom stereocenters. The van der Waals surface area contributed by atoms with Crippen LogP contribution in [0.3, 0.4) is 0 Å². The van der Waals surface area contributed by atoms with Gasteiger partial charge in [0.1, 0.15) is 0 Å². The Morgan fingerprint density at radius 1 is 1.29 bits per heavy atom. The molecule has 6 heteroatoms. The number of carbonyl (C=O) groups is 1. The van der Waals surface area contributed by atoms with Gasteiger partial charge in [-0.3, -0.25) is 9.36 Å². The molecular formula is C15H15BrN2O3. The number of carboxylic acids is 1. The number of halogens is 1. The first-order valence-corrected chi connectivity index (χ1v) is 7.17. The SMILES string of the molecule is Cc1cc(Br)cc(-n2c(C)c(CC(=O)O)c(C)nc2=O)c1. The van der Waals surface area contributed by atoms with Crippen LogP contribution in [-0.4, -0.2) is 20.6 Å². The second-order valence-electron chi connectivity index (χ2n) is 4.94. The van der Waals surface area contributed by atoms with Gasteiger partial charge in [0.05, 0.1) is 12.1 Å². The fraction of sp³-hybridized carbons (Fsp3) is 0.267. The van der Waals surface area contributed by atoms with Crippen LogP contribution in [0.2, 0.25) is 0 Å². The molecule has 0 atom stereocenters. The summed E-state index contributed by atoms with van der Waals surface area (Å²) in [6.45, 7) is 5.32. The van der Waals surface area contributed by atoms with Crippen molar-refractivity contribution < 1.29 is 9.90 Å². The van der Waals surface area contributed by atoms with Crippen LogP contribution >= 0.6 is 15.9 Å². The van der Waals surface area contributed by atoms with Crippen molar-refractivity contribution in [2.24, 2.45) is 0 Å². The van der Waals surface area contributed by atoms with Crippen LogP contribution in [0.15, 0.2) is 27.5 Å². The third kappa shape index (κ3) is 3.21. The highest BCUT2D eigenvalue weighted by Gasteiger charge is 2.15. The molecule has 0 bridgehead atoms. The van der Waals surface area contributed by atoms with Crippen molar-refractivity contribution in [2.45, 2.75) is 27.2 Å². The number of hydrogen-bond acceptors (Lipinski definition) is 3. The lowest BCUT2D eigenvalue weighted by atomic mass is 10.1. The summed E-state index contributed by atoms with van der Waals surface area (Å²) in [4.78, 5) is 27.2. The Hall–Kier alpha value is -1.95. The molecular weight excluding hydrogens is 336 g/mol. The average Bonchev–Trinajstić information content (AvgIpc) is 2.32. The summed E-state index contributed by atoms with van der Waals surface area (Å²) in [5, 5.41) is 9.01. The van der Waals surface area contributed by atoms with E-state index in [1.807, 2.05) is 25.1 Å². The minimum Gasteiger partial charge on any atom is -0.481 e. The lowest BCUT2D eigenvalue weighted by molar-refractivity contribution is -0.136. The standard InChI is InChI=1S/C15H15BrN2O3/c1-8-4-11(16)6-12(5-8)18-10(3)13(7-14(19)20)9(2)17-15(18)21/h4-6H,7H2,1-3H3,(H,19,20). The van der Waals surface area contributed by atoms with Crippen LogP contribution in [-0.2, 0) is 11.2 Å². The molecule has 1 aromatic heterocycles. The van der Waals surface area contributed by atoms with E-state index in [0.717, 1.165) is 10.0 Å². The van der Waals surface area contributed by atoms with Gasteiger partial charge in [0.2, 0.25) is 0 Å². The Morgan fingerprint density at radius 2 is 1.95 bits per heavy atom. The summed E-state index contributed by atoms with van der Waals surface area (Å²) in [5.41, 5.74) is 2.89. The van der Waals surface area contributed by atoms with Crippen molar-refractivity contribution in [3.63, 3.8) is 0 Å². The van der Waals surface area contributed by atoms with Gasteiger partial charge in [-0.1, -0.05) is 15.9 Å². The molecule has 1 aromatic carbocycles. The van der Waals surface area contributed by atoms with Crippen LogP contribution in [0.5, 0.6) is 0 Å². The number of aromatic nitrogens is 2. The highest BCUT2D eigenvalue weighted by Crippen LogP contribution is 2.20. The van der Waals surface area contributed by atoms with Gasteiger partial charge in [0, 0.05) is 21.4 Å². The van der Waals surface area contributed by atoms with E-state index in [9.17, 15) is 9.59 Å². The van der Waals surface area contributed by atoms with Crippen LogP contribution in [0, 0.1) is 20.8 Å². The first-order chi connectivity index (χ1) is 9.79. The quantitative estimate of drug-likeness (QED) is 0.923. The monoisotopic (exact) mass is 350 g/mol. The van der Waals surface area contributed by atoms with Gasteiger partial charge in [0.15, 0.2) is 0 Å². The maximum atomic E-state index is 12.2. The molecule has 0 fully saturated rings. The lowest BCUT2D eigenvalue weighted by Crippen LogP contribution is -2.27. The number of hydrogen-bond donors (Lipinski definition) is 1. The Bertz CT molecular complexity index is 761. The molecule has 0 aliphatic heterocycles. The summed E-state index contributed by atoms with van der Waals surface area (Å²) in [5.74, 6) is -0.946. The molecule has 2 aromatic rings. The zero-order chi connectivity index (χ0) is 15.7. The van der Waals surface area contributed by atoms with Crippen LogP contribution in [0.25, 0.3) is 5.69 Å². The van der Waals surface area contributed by atoms with Crippen LogP contribution in [0.4, 0.5) is 0 Å². The maximum Gasteiger partial charge on any atom is 0.352 e. The predicted octanol–water partition coefficient (Wildman–Crippen LogP) is 2.55. The number of carboxylic acid groups (broad SMARTS) is 1. The van der Waals surface area contributed by atoms with Gasteiger partial charge in [-0.2, -0.15) is 4.98 Å². The lowest BCUT2D eigenvalue weighted by Gasteiger charge is -2.15. The molecule has 0 spiro atoms. The van der Waals surface area contributed by atoms with E-state index in [0.29, 0.717) is 22.6 Å². The van der Waals surface area contributed by atoms with Crippen LogP contribution < -0.4 is 5.69 Å². The fourth-order valence-electron chi connectivity index (χ4n) is 2.36. The molecule has 0 saturated heterocycles. The minimum absolute atomic E-state index is 0.155. The molecule has 0 aliphatic rings. The van der Waals surface area contributed by atoms with Gasteiger partial charge < -0.3 is 5.11 Å². The average molecular weight is 351 g/mol. The normalized spacial score (nSPS) is 10.7. The maximum absolute atomic E-state index is 12.2. The van der Waals surface area contributed by atoms with Gasteiger partial charge in [-0.15, -0.1) is 0 Å². The van der Waals surface area contributed by atoms with Gasteiger partial charge in [0.25, 0.3) is 0 Å². The Kier molecular flexibility index (Phi) is 4.27. The summed E-state index contributed by atoms with van der Waals surface area (Å²) in [6.07, 6.45) is -0.155. The summed E-state index contributed by atoms with van der Waals surface area (Å²) < 4.78 is 2.30. The molecule has 1 heterocycles. The number of rotatable bonds is 3. The molecule has 0 aliphatic carbocycles. The second-order valence-corrected chi connectivity index (χ2v) is 5.85. The van der Waals surface area contributed by atoms with Gasteiger partial charge in [-0.05, 0) is 44.5 Å². The molecule has 2 rings (SSSR count). The van der Waals surface area contributed by atoms with Gasteiger partial charge in [-0.25, -0.2) is 4.79 Å². The third-order valence-electron chi connectivity index (χ3n) is 3.28. The minimum atomic E-state index is -0.946. The second kappa shape index (κ2) is 5.81. The number of aliphatic carboxylic acids is 1. The molecule has 0 saturated carbocycles. The van der Waals surface area contributed by atoms with E-state index in [2.05, 4.69) is 20.9 Å². The largest absolute Gasteiger partial charge is 0.481 e. The third-order valence-corrected chi connectivity index (χ3v) is 3.73. The molecule has 21 heavy (non-hydrogen) atoms. The van der Waals surface area contributed by atoms with Crippen molar-refractivity contribution in [1.82, 2.24) is 9.55 Å². The Labute approximate surface area is 130 Å². The van der Waals surface area contributed by atoms with Crippen molar-refractivity contribution in [2.75, 3.05) is 0 Å². The van der Waals surface area contributed by atoms with Gasteiger partial charge >= 0.3 is 11.7 Å². The zero-order valence-electron chi connectivity index (χ0n) is 12.0. The predicted molar refractivity (Wildman–Crippen MR) is 83.1 cm³/mol. The molecule has 5 nitrogen and oxygen atoms in total. The number of benzene rings is 1. The zero-order valence-corrected chi connectivity index (χ0v) is 13.6. The molecule has 110 valence electrons. The Morgan fingerprint density at radius 3 is 2.52 bits per heavy atom. The molecule has 1 N–H and O–H groups in total.